The molecule has 110 valence electrons. The molecule has 0 bridgehead atoms. The van der Waals surface area contributed by atoms with Crippen molar-refractivity contribution in [3.8, 4) is 5.75 Å². The van der Waals surface area contributed by atoms with Crippen molar-refractivity contribution >= 4 is 5.91 Å². The Bertz CT molecular complexity index is 428. The Balaban J connectivity index is 1.70. The van der Waals surface area contributed by atoms with E-state index in [1.54, 1.807) is 7.11 Å². The molecule has 2 rings (SSSR count). The van der Waals surface area contributed by atoms with Gasteiger partial charge in [0.25, 0.3) is 0 Å². The summed E-state index contributed by atoms with van der Waals surface area (Å²) in [4.78, 5) is 11.9. The molecule has 0 aliphatic carbocycles. The molecule has 0 aromatic heterocycles. The van der Waals surface area contributed by atoms with E-state index in [1.165, 1.54) is 12.8 Å². The van der Waals surface area contributed by atoms with Crippen LogP contribution < -0.4 is 15.4 Å². The van der Waals surface area contributed by atoms with E-state index in [2.05, 4.69) is 10.6 Å². The number of methoxy groups -OCH3 is 1. The lowest BCUT2D eigenvalue weighted by atomic mass is 10.0. The molecule has 0 radical (unpaired) electrons. The summed E-state index contributed by atoms with van der Waals surface area (Å²) >= 11 is 0. The quantitative estimate of drug-likeness (QED) is 0.834. The van der Waals surface area contributed by atoms with E-state index in [4.69, 9.17) is 4.74 Å². The van der Waals surface area contributed by atoms with Crippen LogP contribution in [0.2, 0.25) is 0 Å². The van der Waals surface area contributed by atoms with Gasteiger partial charge in [-0.3, -0.25) is 4.79 Å². The molecule has 4 heteroatoms. The molecular formula is C16H24N2O2. The van der Waals surface area contributed by atoms with Crippen molar-refractivity contribution in [2.45, 2.75) is 38.1 Å². The fourth-order valence-electron chi connectivity index (χ4n) is 2.64. The minimum Gasteiger partial charge on any atom is -0.496 e. The van der Waals surface area contributed by atoms with Gasteiger partial charge in [0.05, 0.1) is 7.11 Å². The summed E-state index contributed by atoms with van der Waals surface area (Å²) in [6.07, 6.45) is 4.96. The number of hydrogen-bond acceptors (Lipinski definition) is 3. The van der Waals surface area contributed by atoms with Gasteiger partial charge in [0.2, 0.25) is 5.91 Å². The molecule has 1 atom stereocenters. The van der Waals surface area contributed by atoms with Crippen molar-refractivity contribution in [1.29, 1.82) is 0 Å². The van der Waals surface area contributed by atoms with Crippen molar-refractivity contribution in [2.75, 3.05) is 20.2 Å². The van der Waals surface area contributed by atoms with Gasteiger partial charge in [-0.1, -0.05) is 24.6 Å². The molecule has 1 aliphatic heterocycles. The van der Waals surface area contributed by atoms with Crippen LogP contribution in [0.4, 0.5) is 0 Å². The summed E-state index contributed by atoms with van der Waals surface area (Å²) in [5.74, 6) is 1.02. The smallest absolute Gasteiger partial charge is 0.221 e. The first-order chi connectivity index (χ1) is 9.79. The molecule has 0 spiro atoms. The topological polar surface area (TPSA) is 50.4 Å². The van der Waals surface area contributed by atoms with Gasteiger partial charge >= 0.3 is 0 Å². The van der Waals surface area contributed by atoms with E-state index in [9.17, 15) is 4.79 Å². The maximum Gasteiger partial charge on any atom is 0.221 e. The van der Waals surface area contributed by atoms with Gasteiger partial charge in [0, 0.05) is 19.0 Å². The Morgan fingerprint density at radius 2 is 2.25 bits per heavy atom. The SMILES string of the molecule is COc1ccccc1CCNC(=O)CC1CCCCN1. The van der Waals surface area contributed by atoms with Crippen LogP contribution in [0.25, 0.3) is 0 Å². The third kappa shape index (κ3) is 4.53. The lowest BCUT2D eigenvalue weighted by Crippen LogP contribution is -2.39. The number of hydrogen-bond donors (Lipinski definition) is 2. The minimum atomic E-state index is 0.138. The first kappa shape index (κ1) is 14.9. The van der Waals surface area contributed by atoms with E-state index >= 15 is 0 Å². The van der Waals surface area contributed by atoms with Crippen molar-refractivity contribution in [3.63, 3.8) is 0 Å². The molecule has 1 aromatic rings. The van der Waals surface area contributed by atoms with Crippen LogP contribution in [-0.4, -0.2) is 32.1 Å². The molecule has 20 heavy (non-hydrogen) atoms. The van der Waals surface area contributed by atoms with Crippen LogP contribution in [0, 0.1) is 0 Å². The van der Waals surface area contributed by atoms with Crippen molar-refractivity contribution in [1.82, 2.24) is 10.6 Å². The van der Waals surface area contributed by atoms with Crippen LogP contribution in [-0.2, 0) is 11.2 Å². The molecule has 1 heterocycles. The summed E-state index contributed by atoms with van der Waals surface area (Å²) in [5, 5.41) is 6.39. The van der Waals surface area contributed by atoms with Gasteiger partial charge in [-0.2, -0.15) is 0 Å². The summed E-state index contributed by atoms with van der Waals surface area (Å²) in [7, 11) is 1.67. The molecular weight excluding hydrogens is 252 g/mol. The Morgan fingerprint density at radius 1 is 1.40 bits per heavy atom. The number of para-hydroxylation sites is 1. The van der Waals surface area contributed by atoms with Gasteiger partial charge in [-0.15, -0.1) is 0 Å². The molecule has 2 N–H and O–H groups in total. The summed E-state index contributed by atoms with van der Waals surface area (Å²) in [6, 6.07) is 8.29. The van der Waals surface area contributed by atoms with Crippen molar-refractivity contribution in [3.05, 3.63) is 29.8 Å². The van der Waals surface area contributed by atoms with Gasteiger partial charge in [-0.25, -0.2) is 0 Å². The molecule has 1 aromatic carbocycles. The number of benzene rings is 1. The van der Waals surface area contributed by atoms with E-state index in [-0.39, 0.29) is 5.91 Å². The lowest BCUT2D eigenvalue weighted by molar-refractivity contribution is -0.121. The maximum absolute atomic E-state index is 11.9. The van der Waals surface area contributed by atoms with Gasteiger partial charge < -0.3 is 15.4 Å². The highest BCUT2D eigenvalue weighted by atomic mass is 16.5. The van der Waals surface area contributed by atoms with Crippen LogP contribution in [0.15, 0.2) is 24.3 Å². The van der Waals surface area contributed by atoms with Gasteiger partial charge in [0.1, 0.15) is 5.75 Å². The number of ether oxygens (including phenoxy) is 1. The Kier molecular flexibility index (Phi) is 5.87. The summed E-state index contributed by atoms with van der Waals surface area (Å²) in [6.45, 7) is 1.70. The monoisotopic (exact) mass is 276 g/mol. The minimum absolute atomic E-state index is 0.138. The zero-order valence-corrected chi connectivity index (χ0v) is 12.2. The second-order valence-electron chi connectivity index (χ2n) is 5.26. The largest absolute Gasteiger partial charge is 0.496 e. The predicted molar refractivity (Wildman–Crippen MR) is 80.0 cm³/mol. The first-order valence-electron chi connectivity index (χ1n) is 7.41. The second kappa shape index (κ2) is 7.90. The third-order valence-electron chi connectivity index (χ3n) is 3.75. The number of piperidine rings is 1. The zero-order valence-electron chi connectivity index (χ0n) is 12.2. The predicted octanol–water partition coefficient (Wildman–Crippen LogP) is 1.89. The van der Waals surface area contributed by atoms with Crippen LogP contribution in [0.5, 0.6) is 5.75 Å². The average molecular weight is 276 g/mol. The van der Waals surface area contributed by atoms with E-state index in [0.717, 1.165) is 30.7 Å². The number of carbonyl (C=O) groups is 1. The maximum atomic E-state index is 11.9. The van der Waals surface area contributed by atoms with Gasteiger partial charge in [-0.05, 0) is 37.4 Å². The van der Waals surface area contributed by atoms with Gasteiger partial charge in [0.15, 0.2) is 0 Å². The van der Waals surface area contributed by atoms with Crippen molar-refractivity contribution in [2.24, 2.45) is 0 Å². The highest BCUT2D eigenvalue weighted by molar-refractivity contribution is 5.76. The van der Waals surface area contributed by atoms with Crippen LogP contribution >= 0.6 is 0 Å². The van der Waals surface area contributed by atoms with E-state index < -0.39 is 0 Å². The lowest BCUT2D eigenvalue weighted by Gasteiger charge is -2.22. The van der Waals surface area contributed by atoms with Crippen molar-refractivity contribution < 1.29 is 9.53 Å². The fourth-order valence-corrected chi connectivity index (χ4v) is 2.64. The zero-order chi connectivity index (χ0) is 14.2. The summed E-state index contributed by atoms with van der Waals surface area (Å²) < 4.78 is 5.30. The normalized spacial score (nSPS) is 18.6. The fraction of sp³-hybridized carbons (Fsp3) is 0.562. The molecule has 1 saturated heterocycles. The molecule has 1 amide bonds. The number of carbonyl (C=O) groups excluding carboxylic acids is 1. The molecule has 1 aliphatic rings. The number of amides is 1. The third-order valence-corrected chi connectivity index (χ3v) is 3.75. The highest BCUT2D eigenvalue weighted by Crippen LogP contribution is 2.17. The molecule has 4 nitrogen and oxygen atoms in total. The standard InChI is InChI=1S/C16H24N2O2/c1-20-15-8-3-2-6-13(15)9-11-18-16(19)12-14-7-4-5-10-17-14/h2-3,6,8,14,17H,4-5,7,9-12H2,1H3,(H,18,19). The van der Waals surface area contributed by atoms with Crippen LogP contribution in [0.1, 0.15) is 31.2 Å². The molecule has 0 saturated carbocycles. The Morgan fingerprint density at radius 3 is 3.00 bits per heavy atom. The van der Waals surface area contributed by atoms with Crippen LogP contribution in [0.3, 0.4) is 0 Å². The Labute approximate surface area is 120 Å². The molecule has 1 fully saturated rings. The second-order valence-corrected chi connectivity index (χ2v) is 5.26. The number of rotatable bonds is 6. The Hall–Kier alpha value is -1.55. The molecule has 1 unspecified atom stereocenters. The first-order valence-corrected chi connectivity index (χ1v) is 7.41. The van der Waals surface area contributed by atoms with E-state index in [1.807, 2.05) is 24.3 Å². The number of nitrogens with one attached hydrogen (secondary N) is 2. The van der Waals surface area contributed by atoms with E-state index in [0.29, 0.717) is 19.0 Å². The average Bonchev–Trinajstić information content (AvgIpc) is 2.49. The highest BCUT2D eigenvalue weighted by Gasteiger charge is 2.15. The summed E-state index contributed by atoms with van der Waals surface area (Å²) in [5.41, 5.74) is 1.13.